The molecule has 1 unspecified atom stereocenters. The Balaban J connectivity index is 2.39. The van der Waals surface area contributed by atoms with Crippen molar-refractivity contribution in [3.05, 3.63) is 18.1 Å². The van der Waals surface area contributed by atoms with Gasteiger partial charge in [0.25, 0.3) is 0 Å². The van der Waals surface area contributed by atoms with Gasteiger partial charge in [-0.15, -0.1) is 0 Å². The minimum absolute atomic E-state index is 0.331. The smallest absolute Gasteiger partial charge is 0.141 e. The van der Waals surface area contributed by atoms with Gasteiger partial charge in [-0.2, -0.15) is 0 Å². The van der Waals surface area contributed by atoms with Crippen LogP contribution in [0.1, 0.15) is 5.69 Å². The van der Waals surface area contributed by atoms with E-state index < -0.39 is 6.10 Å². The van der Waals surface area contributed by atoms with Crippen LogP contribution < -0.4 is 5.73 Å². The third kappa shape index (κ3) is 4.52. The first kappa shape index (κ1) is 12.8. The van der Waals surface area contributed by atoms with E-state index in [0.29, 0.717) is 25.5 Å². The molecule has 0 fully saturated rings. The Hall–Kier alpha value is -1.24. The number of nitrogens with zero attached hydrogens (tertiary/aromatic N) is 3. The lowest BCUT2D eigenvalue weighted by atomic mass is 10.3. The molecule has 0 aromatic carbocycles. The van der Waals surface area contributed by atoms with E-state index in [2.05, 4.69) is 9.97 Å². The highest BCUT2D eigenvalue weighted by molar-refractivity contribution is 5.22. The van der Waals surface area contributed by atoms with Crippen molar-refractivity contribution in [2.24, 2.45) is 0 Å². The summed E-state index contributed by atoms with van der Waals surface area (Å²) in [7, 11) is 3.46. The van der Waals surface area contributed by atoms with Crippen molar-refractivity contribution in [2.75, 3.05) is 33.0 Å². The Morgan fingerprint density at radius 2 is 2.25 bits per heavy atom. The van der Waals surface area contributed by atoms with Crippen molar-refractivity contribution < 1.29 is 9.84 Å². The number of aliphatic hydroxyl groups excluding tert-OH is 1. The Morgan fingerprint density at radius 1 is 1.50 bits per heavy atom. The number of aliphatic hydroxyl groups is 1. The van der Waals surface area contributed by atoms with Gasteiger partial charge >= 0.3 is 0 Å². The molecule has 1 atom stereocenters. The van der Waals surface area contributed by atoms with Crippen LogP contribution >= 0.6 is 0 Å². The second-order valence-electron chi connectivity index (χ2n) is 3.74. The van der Waals surface area contributed by atoms with Crippen LogP contribution in [0, 0.1) is 0 Å². The van der Waals surface area contributed by atoms with Crippen LogP contribution in [0.3, 0.4) is 0 Å². The van der Waals surface area contributed by atoms with Crippen molar-refractivity contribution in [2.45, 2.75) is 12.6 Å². The van der Waals surface area contributed by atoms with Crippen LogP contribution in [-0.2, 0) is 11.3 Å². The largest absolute Gasteiger partial charge is 0.389 e. The maximum atomic E-state index is 9.52. The van der Waals surface area contributed by atoms with E-state index in [0.717, 1.165) is 5.69 Å². The summed E-state index contributed by atoms with van der Waals surface area (Å²) in [5.74, 6) is 0.408. The molecule has 0 aliphatic heterocycles. The van der Waals surface area contributed by atoms with Crippen molar-refractivity contribution in [3.63, 3.8) is 0 Å². The molecule has 0 saturated carbocycles. The van der Waals surface area contributed by atoms with Crippen LogP contribution in [0.25, 0.3) is 0 Å². The van der Waals surface area contributed by atoms with Crippen molar-refractivity contribution in [1.29, 1.82) is 0 Å². The summed E-state index contributed by atoms with van der Waals surface area (Å²) < 4.78 is 4.85. The highest BCUT2D eigenvalue weighted by Gasteiger charge is 2.08. The van der Waals surface area contributed by atoms with Crippen molar-refractivity contribution >= 4 is 5.82 Å². The van der Waals surface area contributed by atoms with Gasteiger partial charge in [0.15, 0.2) is 0 Å². The van der Waals surface area contributed by atoms with E-state index in [1.807, 2.05) is 11.9 Å². The zero-order valence-electron chi connectivity index (χ0n) is 9.63. The summed E-state index contributed by atoms with van der Waals surface area (Å²) in [5.41, 5.74) is 6.25. The van der Waals surface area contributed by atoms with Gasteiger partial charge in [-0.1, -0.05) is 0 Å². The molecule has 6 heteroatoms. The Labute approximate surface area is 95.1 Å². The molecule has 3 N–H and O–H groups in total. The summed E-state index contributed by atoms with van der Waals surface area (Å²) in [6, 6.07) is 0. The standard InChI is InChI=1S/C10H18N4O2/c1-14(6-9(15)7-16-2)5-8-3-13-10(11)4-12-8/h3-4,9,15H,5-7H2,1-2H3,(H2,11,13). The molecule has 1 aromatic heterocycles. The van der Waals surface area contributed by atoms with E-state index in [9.17, 15) is 5.11 Å². The number of rotatable bonds is 6. The number of anilines is 1. The van der Waals surface area contributed by atoms with Gasteiger partial charge in [0.1, 0.15) is 5.82 Å². The van der Waals surface area contributed by atoms with Gasteiger partial charge in [0, 0.05) is 20.2 Å². The second kappa shape index (κ2) is 6.37. The van der Waals surface area contributed by atoms with Gasteiger partial charge in [0.2, 0.25) is 0 Å². The van der Waals surface area contributed by atoms with E-state index in [1.54, 1.807) is 13.3 Å². The summed E-state index contributed by atoms with van der Waals surface area (Å²) in [4.78, 5) is 10.0. The van der Waals surface area contributed by atoms with Gasteiger partial charge in [-0.25, -0.2) is 4.98 Å². The molecule has 90 valence electrons. The normalized spacial score (nSPS) is 13.0. The quantitative estimate of drug-likeness (QED) is 0.680. The fourth-order valence-electron chi connectivity index (χ4n) is 1.39. The number of likely N-dealkylation sites (N-methyl/N-ethyl adjacent to an activating group) is 1. The molecule has 0 amide bonds. The fraction of sp³-hybridized carbons (Fsp3) is 0.600. The molecule has 0 aliphatic rings. The third-order valence-corrected chi connectivity index (χ3v) is 2.04. The van der Waals surface area contributed by atoms with Crippen LogP contribution in [-0.4, -0.2) is 53.4 Å². The van der Waals surface area contributed by atoms with Gasteiger partial charge in [0.05, 0.1) is 30.8 Å². The molecule has 1 aromatic rings. The van der Waals surface area contributed by atoms with Gasteiger partial charge in [-0.3, -0.25) is 9.88 Å². The average molecular weight is 226 g/mol. The molecule has 0 spiro atoms. The van der Waals surface area contributed by atoms with Crippen LogP contribution in [0.2, 0.25) is 0 Å². The molecule has 0 aliphatic carbocycles. The third-order valence-electron chi connectivity index (χ3n) is 2.04. The highest BCUT2D eigenvalue weighted by atomic mass is 16.5. The molecule has 0 saturated heterocycles. The first-order chi connectivity index (χ1) is 7.61. The Morgan fingerprint density at radius 3 is 2.81 bits per heavy atom. The van der Waals surface area contributed by atoms with Gasteiger partial charge < -0.3 is 15.6 Å². The second-order valence-corrected chi connectivity index (χ2v) is 3.74. The lowest BCUT2D eigenvalue weighted by Crippen LogP contribution is -2.31. The number of hydrogen-bond acceptors (Lipinski definition) is 6. The van der Waals surface area contributed by atoms with E-state index in [1.165, 1.54) is 6.20 Å². The Bertz CT molecular complexity index is 304. The molecular weight excluding hydrogens is 208 g/mol. The van der Waals surface area contributed by atoms with Crippen molar-refractivity contribution in [3.8, 4) is 0 Å². The lowest BCUT2D eigenvalue weighted by molar-refractivity contribution is 0.0416. The molecule has 16 heavy (non-hydrogen) atoms. The zero-order chi connectivity index (χ0) is 12.0. The fourth-order valence-corrected chi connectivity index (χ4v) is 1.39. The predicted octanol–water partition coefficient (Wildman–Crippen LogP) is -0.502. The van der Waals surface area contributed by atoms with Crippen LogP contribution in [0.5, 0.6) is 0 Å². The number of nitrogen functional groups attached to an aromatic ring is 1. The molecule has 1 heterocycles. The Kier molecular flexibility index (Phi) is 5.10. The highest BCUT2D eigenvalue weighted by Crippen LogP contribution is 2.01. The van der Waals surface area contributed by atoms with Crippen LogP contribution in [0.15, 0.2) is 12.4 Å². The SMILES string of the molecule is COCC(O)CN(C)Cc1cnc(N)cn1. The minimum Gasteiger partial charge on any atom is -0.389 e. The summed E-state index contributed by atoms with van der Waals surface area (Å²) in [5, 5.41) is 9.52. The first-order valence-electron chi connectivity index (χ1n) is 5.03. The molecule has 0 radical (unpaired) electrons. The summed E-state index contributed by atoms with van der Waals surface area (Å²) >= 11 is 0. The van der Waals surface area contributed by atoms with E-state index in [4.69, 9.17) is 10.5 Å². The van der Waals surface area contributed by atoms with E-state index >= 15 is 0 Å². The molecule has 0 bridgehead atoms. The molecule has 6 nitrogen and oxygen atoms in total. The maximum Gasteiger partial charge on any atom is 0.141 e. The van der Waals surface area contributed by atoms with Crippen molar-refractivity contribution in [1.82, 2.24) is 14.9 Å². The summed E-state index contributed by atoms with van der Waals surface area (Å²) in [6.45, 7) is 1.48. The minimum atomic E-state index is -0.489. The monoisotopic (exact) mass is 226 g/mol. The number of ether oxygens (including phenoxy) is 1. The average Bonchev–Trinajstić information content (AvgIpc) is 2.21. The number of aromatic nitrogens is 2. The number of nitrogens with two attached hydrogens (primary N) is 1. The van der Waals surface area contributed by atoms with Crippen LogP contribution in [0.4, 0.5) is 5.82 Å². The molecular formula is C10H18N4O2. The number of hydrogen-bond donors (Lipinski definition) is 2. The first-order valence-corrected chi connectivity index (χ1v) is 5.03. The molecule has 1 rings (SSSR count). The predicted molar refractivity (Wildman–Crippen MR) is 60.7 cm³/mol. The van der Waals surface area contributed by atoms with Gasteiger partial charge in [-0.05, 0) is 7.05 Å². The topological polar surface area (TPSA) is 84.5 Å². The van der Waals surface area contributed by atoms with E-state index in [-0.39, 0.29) is 0 Å². The lowest BCUT2D eigenvalue weighted by Gasteiger charge is -2.19. The summed E-state index contributed by atoms with van der Waals surface area (Å²) in [6.07, 6.45) is 2.67. The maximum absolute atomic E-state index is 9.52. The number of methoxy groups -OCH3 is 1. The zero-order valence-corrected chi connectivity index (χ0v) is 9.63.